The molecule has 0 aromatic heterocycles. The molecule has 19 heavy (non-hydrogen) atoms. The van der Waals surface area contributed by atoms with Crippen LogP contribution in [0.2, 0.25) is 0 Å². The molecule has 0 heterocycles. The van der Waals surface area contributed by atoms with Gasteiger partial charge in [-0.1, -0.05) is 20.3 Å². The zero-order valence-electron chi connectivity index (χ0n) is 11.9. The van der Waals surface area contributed by atoms with Crippen molar-refractivity contribution in [3.8, 4) is 0 Å². The average molecular weight is 281 g/mol. The molecular weight excluding hydrogens is 255 g/mol. The van der Waals surface area contributed by atoms with E-state index in [1.165, 1.54) is 0 Å². The fourth-order valence-corrected chi connectivity index (χ4v) is 2.81. The Balaban J connectivity index is 2.49. The first kappa shape index (κ1) is 16.8. The maximum Gasteiger partial charge on any atom is 0.391 e. The number of rotatable bonds is 6. The quantitative estimate of drug-likeness (QED) is 0.781. The lowest BCUT2D eigenvalue weighted by Gasteiger charge is -2.35. The molecule has 0 radical (unpaired) electrons. The number of nitrogens with one attached hydrogen (secondary N) is 1. The van der Waals surface area contributed by atoms with Gasteiger partial charge in [0.15, 0.2) is 0 Å². The number of aliphatic hydroxyl groups is 1. The van der Waals surface area contributed by atoms with Crippen LogP contribution in [0, 0.1) is 11.3 Å². The highest BCUT2D eigenvalue weighted by Gasteiger charge is 2.42. The van der Waals surface area contributed by atoms with Gasteiger partial charge in [0, 0.05) is 24.6 Å². The molecule has 0 bridgehead atoms. The zero-order valence-corrected chi connectivity index (χ0v) is 11.9. The normalized spacial score (nSPS) is 25.6. The fraction of sp³-hybridized carbons (Fsp3) is 1.00. The van der Waals surface area contributed by atoms with Crippen LogP contribution in [0.1, 0.15) is 52.4 Å². The van der Waals surface area contributed by atoms with Gasteiger partial charge in [-0.15, -0.1) is 0 Å². The smallest absolute Gasteiger partial charge is 0.391 e. The molecule has 1 fully saturated rings. The van der Waals surface area contributed by atoms with Crippen LogP contribution in [0.5, 0.6) is 0 Å². The van der Waals surface area contributed by atoms with Crippen LogP contribution in [-0.2, 0) is 0 Å². The number of hydrogen-bond acceptors (Lipinski definition) is 2. The molecule has 0 amide bonds. The van der Waals surface area contributed by atoms with Crippen LogP contribution in [0.25, 0.3) is 0 Å². The van der Waals surface area contributed by atoms with Gasteiger partial charge in [0.05, 0.1) is 5.92 Å². The molecule has 2 atom stereocenters. The predicted molar refractivity (Wildman–Crippen MR) is 69.9 cm³/mol. The molecule has 2 N–H and O–H groups in total. The van der Waals surface area contributed by atoms with E-state index in [1.54, 1.807) is 0 Å². The third kappa shape index (κ3) is 4.63. The first-order valence-electron chi connectivity index (χ1n) is 7.28. The van der Waals surface area contributed by atoms with Crippen molar-refractivity contribution in [1.29, 1.82) is 0 Å². The summed E-state index contributed by atoms with van der Waals surface area (Å²) in [6, 6.07) is -0.0654. The summed E-state index contributed by atoms with van der Waals surface area (Å²) in [6.45, 7) is 4.72. The largest absolute Gasteiger partial charge is 0.396 e. The molecule has 0 aromatic carbocycles. The van der Waals surface area contributed by atoms with Crippen LogP contribution in [-0.4, -0.2) is 30.5 Å². The van der Waals surface area contributed by atoms with Crippen LogP contribution in [0.15, 0.2) is 0 Å². The molecule has 114 valence electrons. The van der Waals surface area contributed by atoms with E-state index in [0.717, 1.165) is 19.3 Å². The van der Waals surface area contributed by atoms with Gasteiger partial charge in [-0.3, -0.25) is 0 Å². The van der Waals surface area contributed by atoms with Crippen molar-refractivity contribution in [2.45, 2.75) is 64.6 Å². The van der Waals surface area contributed by atoms with Crippen molar-refractivity contribution in [2.24, 2.45) is 11.3 Å². The van der Waals surface area contributed by atoms with Crippen molar-refractivity contribution in [1.82, 2.24) is 5.32 Å². The molecule has 0 aromatic rings. The van der Waals surface area contributed by atoms with E-state index in [9.17, 15) is 18.3 Å². The summed E-state index contributed by atoms with van der Waals surface area (Å²) in [5, 5.41) is 12.7. The van der Waals surface area contributed by atoms with Gasteiger partial charge in [-0.05, 0) is 32.1 Å². The number of aliphatic hydroxyl groups excluding tert-OH is 1. The minimum absolute atomic E-state index is 0.0654. The zero-order chi connectivity index (χ0) is 14.5. The first-order valence-corrected chi connectivity index (χ1v) is 7.28. The first-order chi connectivity index (χ1) is 8.87. The molecule has 0 spiro atoms. The van der Waals surface area contributed by atoms with Gasteiger partial charge in [0.2, 0.25) is 0 Å². The Kier molecular flexibility index (Phi) is 6.12. The molecule has 2 nitrogen and oxygen atoms in total. The fourth-order valence-electron chi connectivity index (χ4n) is 2.81. The van der Waals surface area contributed by atoms with Crippen molar-refractivity contribution >= 4 is 0 Å². The van der Waals surface area contributed by atoms with Crippen molar-refractivity contribution in [3.05, 3.63) is 0 Å². The molecule has 0 saturated heterocycles. The SMILES string of the molecule is CCC(CC)(CO)CNC1CCCC(C(F)(F)F)C1. The summed E-state index contributed by atoms with van der Waals surface area (Å²) in [5.74, 6) is -1.16. The highest BCUT2D eigenvalue weighted by molar-refractivity contribution is 4.85. The molecular formula is C14H26F3NO. The topological polar surface area (TPSA) is 32.3 Å². The second-order valence-electron chi connectivity index (χ2n) is 5.85. The lowest BCUT2D eigenvalue weighted by molar-refractivity contribution is -0.183. The summed E-state index contributed by atoms with van der Waals surface area (Å²) < 4.78 is 38.2. The molecule has 1 aliphatic rings. The molecule has 1 rings (SSSR count). The van der Waals surface area contributed by atoms with E-state index >= 15 is 0 Å². The van der Waals surface area contributed by atoms with Crippen molar-refractivity contribution < 1.29 is 18.3 Å². The summed E-state index contributed by atoms with van der Waals surface area (Å²) in [7, 11) is 0. The van der Waals surface area contributed by atoms with E-state index in [-0.39, 0.29) is 30.9 Å². The Bertz CT molecular complexity index is 256. The maximum atomic E-state index is 12.7. The van der Waals surface area contributed by atoms with Crippen LogP contribution in [0.3, 0.4) is 0 Å². The third-order valence-electron chi connectivity index (χ3n) is 4.74. The Labute approximate surface area is 113 Å². The summed E-state index contributed by atoms with van der Waals surface area (Å²) in [5.41, 5.74) is -0.189. The van der Waals surface area contributed by atoms with E-state index in [0.29, 0.717) is 13.0 Å². The minimum atomic E-state index is -4.07. The van der Waals surface area contributed by atoms with Crippen molar-refractivity contribution in [2.75, 3.05) is 13.2 Å². The summed E-state index contributed by atoms with van der Waals surface area (Å²) in [4.78, 5) is 0. The van der Waals surface area contributed by atoms with Crippen LogP contribution >= 0.6 is 0 Å². The minimum Gasteiger partial charge on any atom is -0.396 e. The highest BCUT2D eigenvalue weighted by Crippen LogP contribution is 2.37. The lowest BCUT2D eigenvalue weighted by Crippen LogP contribution is -2.44. The second kappa shape index (κ2) is 6.93. The van der Waals surface area contributed by atoms with E-state index < -0.39 is 12.1 Å². The van der Waals surface area contributed by atoms with Crippen molar-refractivity contribution in [3.63, 3.8) is 0 Å². The summed E-state index contributed by atoms with van der Waals surface area (Å²) in [6.07, 6.45) is -0.519. The molecule has 5 heteroatoms. The standard InChI is InChI=1S/C14H26F3NO/c1-3-13(4-2,10-19)9-18-12-7-5-6-11(8-12)14(15,16)17/h11-12,18-19H,3-10H2,1-2H3. The van der Waals surface area contributed by atoms with E-state index in [4.69, 9.17) is 0 Å². The Morgan fingerprint density at radius 2 is 1.79 bits per heavy atom. The number of alkyl halides is 3. The van der Waals surface area contributed by atoms with Crippen LogP contribution < -0.4 is 5.32 Å². The average Bonchev–Trinajstić information content (AvgIpc) is 2.40. The maximum absolute atomic E-state index is 12.7. The van der Waals surface area contributed by atoms with Gasteiger partial charge in [-0.25, -0.2) is 0 Å². The Morgan fingerprint density at radius 3 is 2.26 bits per heavy atom. The summed E-state index contributed by atoms with van der Waals surface area (Å²) >= 11 is 0. The predicted octanol–water partition coefficient (Wildman–Crippen LogP) is 3.50. The number of hydrogen-bond donors (Lipinski definition) is 2. The molecule has 2 unspecified atom stereocenters. The number of halogens is 3. The second-order valence-corrected chi connectivity index (χ2v) is 5.85. The van der Waals surface area contributed by atoms with E-state index in [1.807, 2.05) is 13.8 Å². The molecule has 1 saturated carbocycles. The Morgan fingerprint density at radius 1 is 1.16 bits per heavy atom. The molecule has 1 aliphatic carbocycles. The molecule has 0 aliphatic heterocycles. The lowest BCUT2D eigenvalue weighted by atomic mass is 9.81. The Hall–Kier alpha value is -0.290. The monoisotopic (exact) mass is 281 g/mol. The van der Waals surface area contributed by atoms with Gasteiger partial charge in [-0.2, -0.15) is 13.2 Å². The third-order valence-corrected chi connectivity index (χ3v) is 4.74. The van der Waals surface area contributed by atoms with Gasteiger partial charge < -0.3 is 10.4 Å². The van der Waals surface area contributed by atoms with E-state index in [2.05, 4.69) is 5.32 Å². The van der Waals surface area contributed by atoms with Gasteiger partial charge in [0.1, 0.15) is 0 Å². The van der Waals surface area contributed by atoms with Gasteiger partial charge >= 0.3 is 6.18 Å². The van der Waals surface area contributed by atoms with Gasteiger partial charge in [0.25, 0.3) is 0 Å². The highest BCUT2D eigenvalue weighted by atomic mass is 19.4. The van der Waals surface area contributed by atoms with Crippen LogP contribution in [0.4, 0.5) is 13.2 Å².